The molecule has 0 bridgehead atoms. The first-order valence-corrected chi connectivity index (χ1v) is 4.94. The summed E-state index contributed by atoms with van der Waals surface area (Å²) in [5, 5.41) is 2.48. The Morgan fingerprint density at radius 1 is 1.24 bits per heavy atom. The van der Waals surface area contributed by atoms with E-state index in [2.05, 4.69) is 10.3 Å². The van der Waals surface area contributed by atoms with Crippen molar-refractivity contribution in [1.82, 2.24) is 4.98 Å². The Balaban J connectivity index is 2.17. The van der Waals surface area contributed by atoms with Gasteiger partial charge in [-0.3, -0.25) is 4.79 Å². The van der Waals surface area contributed by atoms with Crippen molar-refractivity contribution in [3.05, 3.63) is 54.0 Å². The highest BCUT2D eigenvalue weighted by Gasteiger charge is 2.07. The van der Waals surface area contributed by atoms with Crippen LogP contribution in [0.1, 0.15) is 10.4 Å². The summed E-state index contributed by atoms with van der Waals surface area (Å²) in [7, 11) is 0. The second-order valence-corrected chi connectivity index (χ2v) is 3.43. The topological polar surface area (TPSA) is 68.0 Å². The van der Waals surface area contributed by atoms with E-state index in [1.54, 1.807) is 18.2 Å². The highest BCUT2D eigenvalue weighted by atomic mass is 19.1. The molecule has 0 radical (unpaired) electrons. The van der Waals surface area contributed by atoms with Crippen molar-refractivity contribution in [3.63, 3.8) is 0 Å². The molecular formula is C12H10FN3O. The maximum absolute atomic E-state index is 12.8. The van der Waals surface area contributed by atoms with Crippen LogP contribution in [0.15, 0.2) is 42.5 Å². The van der Waals surface area contributed by atoms with Gasteiger partial charge in [-0.05, 0) is 30.3 Å². The summed E-state index contributed by atoms with van der Waals surface area (Å²) < 4.78 is 12.8. The van der Waals surface area contributed by atoms with E-state index in [1.165, 1.54) is 24.3 Å². The Morgan fingerprint density at radius 3 is 2.71 bits per heavy atom. The van der Waals surface area contributed by atoms with Crippen molar-refractivity contribution in [3.8, 4) is 0 Å². The Bertz CT molecular complexity index is 557. The third-order valence-corrected chi connectivity index (χ3v) is 2.11. The van der Waals surface area contributed by atoms with Gasteiger partial charge in [0.2, 0.25) is 5.95 Å². The molecule has 17 heavy (non-hydrogen) atoms. The lowest BCUT2D eigenvalue weighted by atomic mass is 10.2. The average molecular weight is 231 g/mol. The largest absolute Gasteiger partial charge is 0.399 e. The Morgan fingerprint density at radius 2 is 2.00 bits per heavy atom. The Hall–Kier alpha value is -2.43. The molecule has 1 aromatic carbocycles. The highest BCUT2D eigenvalue weighted by Crippen LogP contribution is 2.10. The van der Waals surface area contributed by atoms with E-state index < -0.39 is 5.95 Å². The zero-order chi connectivity index (χ0) is 12.3. The van der Waals surface area contributed by atoms with Crippen LogP contribution in [0, 0.1) is 5.95 Å². The summed E-state index contributed by atoms with van der Waals surface area (Å²) in [5.41, 5.74) is 6.45. The third-order valence-electron chi connectivity index (χ3n) is 2.11. The van der Waals surface area contributed by atoms with Crippen LogP contribution in [0.2, 0.25) is 0 Å². The summed E-state index contributed by atoms with van der Waals surface area (Å²) in [4.78, 5) is 15.3. The Kier molecular flexibility index (Phi) is 3.00. The first-order chi connectivity index (χ1) is 8.15. The molecular weight excluding hydrogens is 221 g/mol. The number of hydrogen-bond donors (Lipinski definition) is 2. The first-order valence-electron chi connectivity index (χ1n) is 4.94. The standard InChI is InChI=1S/C12H10FN3O/c13-10-5-2-6-11(15-10)16-12(17)8-3-1-4-9(14)7-8/h1-7H,14H2,(H,15,16,17). The number of nitrogens with two attached hydrogens (primary N) is 1. The van der Waals surface area contributed by atoms with Gasteiger partial charge in [0.1, 0.15) is 5.82 Å². The third kappa shape index (κ3) is 2.78. The van der Waals surface area contributed by atoms with Crippen molar-refractivity contribution < 1.29 is 9.18 Å². The zero-order valence-electron chi connectivity index (χ0n) is 8.85. The molecule has 0 aliphatic rings. The van der Waals surface area contributed by atoms with Crippen LogP contribution in [-0.4, -0.2) is 10.9 Å². The van der Waals surface area contributed by atoms with Gasteiger partial charge in [-0.25, -0.2) is 4.98 Å². The minimum atomic E-state index is -0.643. The smallest absolute Gasteiger partial charge is 0.256 e. The van der Waals surface area contributed by atoms with Gasteiger partial charge in [0.15, 0.2) is 0 Å². The van der Waals surface area contributed by atoms with E-state index in [0.717, 1.165) is 0 Å². The molecule has 1 aromatic heterocycles. The summed E-state index contributed by atoms with van der Waals surface area (Å²) in [6.45, 7) is 0. The normalized spacial score (nSPS) is 9.94. The summed E-state index contributed by atoms with van der Waals surface area (Å²) in [6.07, 6.45) is 0. The lowest BCUT2D eigenvalue weighted by Gasteiger charge is -2.04. The average Bonchev–Trinajstić information content (AvgIpc) is 2.29. The van der Waals surface area contributed by atoms with E-state index in [-0.39, 0.29) is 11.7 Å². The summed E-state index contributed by atoms with van der Waals surface area (Å²) >= 11 is 0. The van der Waals surface area contributed by atoms with Gasteiger partial charge in [0, 0.05) is 11.3 Å². The van der Waals surface area contributed by atoms with Gasteiger partial charge in [0.25, 0.3) is 5.91 Å². The molecule has 0 aliphatic carbocycles. The molecule has 0 fully saturated rings. The monoisotopic (exact) mass is 231 g/mol. The molecule has 2 aromatic rings. The minimum absolute atomic E-state index is 0.164. The van der Waals surface area contributed by atoms with Crippen LogP contribution in [0.3, 0.4) is 0 Å². The van der Waals surface area contributed by atoms with E-state index in [9.17, 15) is 9.18 Å². The molecule has 0 saturated carbocycles. The van der Waals surface area contributed by atoms with Gasteiger partial charge in [-0.15, -0.1) is 0 Å². The van der Waals surface area contributed by atoms with Crippen LogP contribution in [0.25, 0.3) is 0 Å². The van der Waals surface area contributed by atoms with Gasteiger partial charge < -0.3 is 11.1 Å². The molecule has 5 heteroatoms. The minimum Gasteiger partial charge on any atom is -0.399 e. The van der Waals surface area contributed by atoms with E-state index >= 15 is 0 Å². The number of pyridine rings is 1. The van der Waals surface area contributed by atoms with Crippen LogP contribution in [-0.2, 0) is 0 Å². The number of halogens is 1. The maximum atomic E-state index is 12.8. The predicted octanol–water partition coefficient (Wildman–Crippen LogP) is 2.06. The lowest BCUT2D eigenvalue weighted by molar-refractivity contribution is 0.102. The second-order valence-electron chi connectivity index (χ2n) is 3.43. The molecule has 2 rings (SSSR count). The molecule has 0 atom stereocenters. The molecule has 1 amide bonds. The van der Waals surface area contributed by atoms with Gasteiger partial charge >= 0.3 is 0 Å². The fraction of sp³-hybridized carbons (Fsp3) is 0. The zero-order valence-corrected chi connectivity index (χ0v) is 8.85. The van der Waals surface area contributed by atoms with Crippen LogP contribution >= 0.6 is 0 Å². The van der Waals surface area contributed by atoms with Crippen molar-refractivity contribution in [2.75, 3.05) is 11.1 Å². The fourth-order valence-electron chi connectivity index (χ4n) is 1.35. The van der Waals surface area contributed by atoms with Crippen molar-refractivity contribution in [1.29, 1.82) is 0 Å². The molecule has 3 N–H and O–H groups in total. The van der Waals surface area contributed by atoms with E-state index in [1.807, 2.05) is 0 Å². The summed E-state index contributed by atoms with van der Waals surface area (Å²) in [5.74, 6) is -0.858. The lowest BCUT2D eigenvalue weighted by Crippen LogP contribution is -2.13. The maximum Gasteiger partial charge on any atom is 0.256 e. The first kappa shape index (κ1) is 11.1. The Labute approximate surface area is 97.3 Å². The number of nitrogens with one attached hydrogen (secondary N) is 1. The summed E-state index contributed by atoms with van der Waals surface area (Å²) in [6, 6.07) is 10.7. The number of amides is 1. The highest BCUT2D eigenvalue weighted by molar-refractivity contribution is 6.04. The number of carbonyl (C=O) groups excluding carboxylic acids is 1. The number of hydrogen-bond acceptors (Lipinski definition) is 3. The number of anilines is 2. The number of rotatable bonds is 2. The number of nitrogens with zero attached hydrogens (tertiary/aromatic N) is 1. The van der Waals surface area contributed by atoms with Crippen molar-refractivity contribution in [2.45, 2.75) is 0 Å². The van der Waals surface area contributed by atoms with Crippen LogP contribution in [0.5, 0.6) is 0 Å². The molecule has 0 spiro atoms. The van der Waals surface area contributed by atoms with Crippen molar-refractivity contribution in [2.24, 2.45) is 0 Å². The molecule has 0 aliphatic heterocycles. The quantitative estimate of drug-likeness (QED) is 0.614. The number of aromatic nitrogens is 1. The predicted molar refractivity (Wildman–Crippen MR) is 63.0 cm³/mol. The number of carbonyl (C=O) groups is 1. The van der Waals surface area contributed by atoms with Gasteiger partial charge in [-0.1, -0.05) is 12.1 Å². The number of nitrogen functional groups attached to an aromatic ring is 1. The fourth-order valence-corrected chi connectivity index (χ4v) is 1.35. The van der Waals surface area contributed by atoms with E-state index in [4.69, 9.17) is 5.73 Å². The van der Waals surface area contributed by atoms with Crippen LogP contribution in [0.4, 0.5) is 15.9 Å². The molecule has 0 saturated heterocycles. The van der Waals surface area contributed by atoms with Crippen molar-refractivity contribution >= 4 is 17.4 Å². The second kappa shape index (κ2) is 4.61. The molecule has 0 unspecified atom stereocenters. The molecule has 86 valence electrons. The van der Waals surface area contributed by atoms with E-state index in [0.29, 0.717) is 11.3 Å². The van der Waals surface area contributed by atoms with Crippen LogP contribution < -0.4 is 11.1 Å². The number of benzene rings is 1. The SMILES string of the molecule is Nc1cccc(C(=O)Nc2cccc(F)n2)c1. The van der Waals surface area contributed by atoms with Gasteiger partial charge in [0.05, 0.1) is 0 Å². The molecule has 1 heterocycles. The molecule has 4 nitrogen and oxygen atoms in total. The van der Waals surface area contributed by atoms with Gasteiger partial charge in [-0.2, -0.15) is 4.39 Å².